The highest BCUT2D eigenvalue weighted by atomic mass is 19.1. The number of amides is 1. The van der Waals surface area contributed by atoms with Crippen molar-refractivity contribution in [2.75, 3.05) is 5.32 Å². The Morgan fingerprint density at radius 1 is 0.862 bits per heavy atom. The van der Waals surface area contributed by atoms with Gasteiger partial charge < -0.3 is 5.32 Å². The van der Waals surface area contributed by atoms with Crippen LogP contribution >= 0.6 is 0 Å². The molecule has 0 bridgehead atoms. The average Bonchev–Trinajstić information content (AvgIpc) is 2.73. The van der Waals surface area contributed by atoms with Crippen LogP contribution in [0.4, 0.5) is 10.1 Å². The molecule has 148 valence electrons. The van der Waals surface area contributed by atoms with Gasteiger partial charge in [-0.3, -0.25) is 14.9 Å². The van der Waals surface area contributed by atoms with E-state index in [4.69, 9.17) is 0 Å². The molecule has 0 spiro atoms. The topological polar surface area (TPSA) is 58.2 Å². The molecule has 0 saturated heterocycles. The van der Waals surface area contributed by atoms with Gasteiger partial charge in [-0.2, -0.15) is 0 Å². The minimum absolute atomic E-state index is 0.0660. The number of benzene rings is 3. The Morgan fingerprint density at radius 3 is 2.21 bits per heavy atom. The normalized spacial score (nSPS) is 12.8. The Morgan fingerprint density at radius 2 is 1.55 bits per heavy atom. The van der Waals surface area contributed by atoms with Gasteiger partial charge in [0.15, 0.2) is 5.78 Å². The van der Waals surface area contributed by atoms with E-state index < -0.39 is 6.04 Å². The summed E-state index contributed by atoms with van der Waals surface area (Å²) in [6.45, 7) is 3.41. The number of nitrogens with one attached hydrogen (secondary N) is 2. The van der Waals surface area contributed by atoms with E-state index in [9.17, 15) is 14.0 Å². The van der Waals surface area contributed by atoms with Gasteiger partial charge in [0.1, 0.15) is 11.9 Å². The Kier molecular flexibility index (Phi) is 6.52. The van der Waals surface area contributed by atoms with Crippen molar-refractivity contribution in [3.8, 4) is 0 Å². The largest absolute Gasteiger partial charge is 0.324 e. The molecule has 0 radical (unpaired) electrons. The Balaban J connectivity index is 1.83. The van der Waals surface area contributed by atoms with Gasteiger partial charge >= 0.3 is 0 Å². The number of carbonyl (C=O) groups excluding carboxylic acids is 2. The van der Waals surface area contributed by atoms with Crippen molar-refractivity contribution in [3.63, 3.8) is 0 Å². The molecule has 0 saturated carbocycles. The van der Waals surface area contributed by atoms with Crippen molar-refractivity contribution in [3.05, 3.63) is 101 Å². The lowest BCUT2D eigenvalue weighted by molar-refractivity contribution is -0.118. The highest BCUT2D eigenvalue weighted by molar-refractivity contribution is 5.98. The van der Waals surface area contributed by atoms with E-state index in [2.05, 4.69) is 10.6 Å². The van der Waals surface area contributed by atoms with Gasteiger partial charge in [-0.1, -0.05) is 54.6 Å². The highest BCUT2D eigenvalue weighted by Crippen LogP contribution is 2.22. The van der Waals surface area contributed by atoms with Crippen LogP contribution in [0.3, 0.4) is 0 Å². The van der Waals surface area contributed by atoms with Crippen LogP contribution < -0.4 is 10.6 Å². The minimum atomic E-state index is -0.628. The summed E-state index contributed by atoms with van der Waals surface area (Å²) in [4.78, 5) is 24.7. The fraction of sp³-hybridized carbons (Fsp3) is 0.167. The predicted octanol–water partition coefficient (Wildman–Crippen LogP) is 5.06. The van der Waals surface area contributed by atoms with Crippen LogP contribution in [-0.2, 0) is 4.79 Å². The monoisotopic (exact) mass is 390 g/mol. The molecule has 3 rings (SSSR count). The molecule has 0 aliphatic carbocycles. The number of anilines is 1. The molecule has 2 unspecified atom stereocenters. The summed E-state index contributed by atoms with van der Waals surface area (Å²) in [5.41, 5.74) is 2.77. The zero-order chi connectivity index (χ0) is 20.8. The first kappa shape index (κ1) is 20.4. The molecule has 0 aliphatic rings. The average molecular weight is 390 g/mol. The van der Waals surface area contributed by atoms with E-state index in [0.717, 1.165) is 11.1 Å². The zero-order valence-corrected chi connectivity index (χ0v) is 16.4. The van der Waals surface area contributed by atoms with Crippen molar-refractivity contribution >= 4 is 17.4 Å². The molecule has 0 heterocycles. The molecule has 5 heteroatoms. The molecule has 3 aromatic rings. The summed E-state index contributed by atoms with van der Waals surface area (Å²) in [5.74, 6) is -0.613. The third-order valence-corrected chi connectivity index (χ3v) is 4.72. The second-order valence-corrected chi connectivity index (χ2v) is 6.91. The number of ketones is 1. The van der Waals surface area contributed by atoms with Gasteiger partial charge in [0.2, 0.25) is 5.91 Å². The van der Waals surface area contributed by atoms with Crippen LogP contribution in [0.2, 0.25) is 0 Å². The standard InChI is InChI=1S/C24H23FN2O2/c1-16(18-11-13-21(25)14-12-18)26-23(19-7-4-3-5-8-19)24(29)27-22-10-6-9-20(15-22)17(2)28/h3-16,23,26H,1-2H3,(H,27,29). The molecular formula is C24H23FN2O2. The van der Waals surface area contributed by atoms with Crippen LogP contribution in [-0.4, -0.2) is 11.7 Å². The number of halogens is 1. The molecule has 0 aliphatic heterocycles. The molecule has 2 atom stereocenters. The number of carbonyl (C=O) groups is 2. The van der Waals surface area contributed by atoms with E-state index in [1.807, 2.05) is 37.3 Å². The second kappa shape index (κ2) is 9.26. The first-order valence-electron chi connectivity index (χ1n) is 9.42. The lowest BCUT2D eigenvalue weighted by atomic mass is 10.0. The molecule has 1 amide bonds. The molecule has 4 nitrogen and oxygen atoms in total. The van der Waals surface area contributed by atoms with Crippen molar-refractivity contribution in [1.29, 1.82) is 0 Å². The van der Waals surface area contributed by atoms with Crippen molar-refractivity contribution < 1.29 is 14.0 Å². The van der Waals surface area contributed by atoms with Crippen molar-refractivity contribution in [2.24, 2.45) is 0 Å². The maximum Gasteiger partial charge on any atom is 0.246 e. The molecule has 2 N–H and O–H groups in total. The van der Waals surface area contributed by atoms with Crippen LogP contribution in [0.1, 0.15) is 47.4 Å². The molecule has 0 aromatic heterocycles. The first-order chi connectivity index (χ1) is 13.9. The van der Waals surface area contributed by atoms with E-state index in [1.165, 1.54) is 19.1 Å². The maximum atomic E-state index is 13.2. The van der Waals surface area contributed by atoms with Gasteiger partial charge in [-0.25, -0.2) is 4.39 Å². The van der Waals surface area contributed by atoms with Gasteiger partial charge in [0, 0.05) is 17.3 Å². The van der Waals surface area contributed by atoms with Crippen molar-refractivity contribution in [1.82, 2.24) is 5.32 Å². The van der Waals surface area contributed by atoms with Crippen LogP contribution in [0.15, 0.2) is 78.9 Å². The van der Waals surface area contributed by atoms with Crippen molar-refractivity contribution in [2.45, 2.75) is 25.9 Å². The van der Waals surface area contributed by atoms with Crippen LogP contribution in [0.5, 0.6) is 0 Å². The Hall–Kier alpha value is -3.31. The van der Waals surface area contributed by atoms with Gasteiger partial charge in [0.25, 0.3) is 0 Å². The second-order valence-electron chi connectivity index (χ2n) is 6.91. The SMILES string of the molecule is CC(=O)c1cccc(NC(=O)C(NC(C)c2ccc(F)cc2)c2ccccc2)c1. The smallest absolute Gasteiger partial charge is 0.246 e. The van der Waals surface area contributed by atoms with E-state index in [1.54, 1.807) is 36.4 Å². The van der Waals surface area contributed by atoms with Gasteiger partial charge in [-0.15, -0.1) is 0 Å². The first-order valence-corrected chi connectivity index (χ1v) is 9.42. The van der Waals surface area contributed by atoms with Gasteiger partial charge in [0.05, 0.1) is 0 Å². The van der Waals surface area contributed by atoms with E-state index in [-0.39, 0.29) is 23.5 Å². The number of hydrogen-bond acceptors (Lipinski definition) is 3. The van der Waals surface area contributed by atoms with Gasteiger partial charge in [-0.05, 0) is 49.2 Å². The Labute approximate surface area is 169 Å². The summed E-state index contributed by atoms with van der Waals surface area (Å²) in [7, 11) is 0. The Bertz CT molecular complexity index is 987. The minimum Gasteiger partial charge on any atom is -0.324 e. The number of rotatable bonds is 7. The highest BCUT2D eigenvalue weighted by Gasteiger charge is 2.23. The summed E-state index contributed by atoms with van der Waals surface area (Å²) < 4.78 is 13.2. The maximum absolute atomic E-state index is 13.2. The molecular weight excluding hydrogens is 367 g/mol. The van der Waals surface area contributed by atoms with E-state index in [0.29, 0.717) is 11.3 Å². The third-order valence-electron chi connectivity index (χ3n) is 4.72. The quantitative estimate of drug-likeness (QED) is 0.555. The molecule has 29 heavy (non-hydrogen) atoms. The van der Waals surface area contributed by atoms with Crippen LogP contribution in [0, 0.1) is 5.82 Å². The summed E-state index contributed by atoms with van der Waals surface area (Å²) in [6, 6.07) is 21.6. The number of Topliss-reactive ketones (excluding diaryl/α,β-unsaturated/α-hetero) is 1. The third kappa shape index (κ3) is 5.36. The summed E-state index contributed by atoms with van der Waals surface area (Å²) >= 11 is 0. The van der Waals surface area contributed by atoms with E-state index >= 15 is 0 Å². The van der Waals surface area contributed by atoms with Crippen LogP contribution in [0.25, 0.3) is 0 Å². The lowest BCUT2D eigenvalue weighted by Gasteiger charge is -2.24. The predicted molar refractivity (Wildman–Crippen MR) is 112 cm³/mol. The summed E-state index contributed by atoms with van der Waals surface area (Å²) in [6.07, 6.45) is 0. The fourth-order valence-electron chi connectivity index (χ4n) is 3.10. The fourth-order valence-corrected chi connectivity index (χ4v) is 3.10. The molecule has 3 aromatic carbocycles. The summed E-state index contributed by atoms with van der Waals surface area (Å²) in [5, 5.41) is 6.21. The molecule has 0 fully saturated rings. The number of hydrogen-bond donors (Lipinski definition) is 2. The lowest BCUT2D eigenvalue weighted by Crippen LogP contribution is -2.34. The zero-order valence-electron chi connectivity index (χ0n) is 16.4.